The quantitative estimate of drug-likeness (QED) is 0.327. The Labute approximate surface area is 199 Å². The molecule has 5 nitrogen and oxygen atoms in total. The number of aromatic nitrogens is 3. The molecular weight excluding hydrogens is 428 g/mol. The van der Waals surface area contributed by atoms with Gasteiger partial charge in [-0.3, -0.25) is 9.36 Å². The number of anilines is 1. The molecule has 0 bridgehead atoms. The molecule has 0 atom stereocenters. The summed E-state index contributed by atoms with van der Waals surface area (Å²) in [4.78, 5) is 12.6. The Bertz CT molecular complexity index is 1240. The van der Waals surface area contributed by atoms with Crippen molar-refractivity contribution in [2.75, 3.05) is 11.1 Å². The van der Waals surface area contributed by atoms with Gasteiger partial charge in [0.1, 0.15) is 0 Å². The van der Waals surface area contributed by atoms with Crippen LogP contribution in [0.15, 0.2) is 78.0 Å². The smallest absolute Gasteiger partial charge is 0.234 e. The van der Waals surface area contributed by atoms with Crippen LogP contribution in [0.3, 0.4) is 0 Å². The second-order valence-electron chi connectivity index (χ2n) is 8.46. The molecule has 0 spiro atoms. The third kappa shape index (κ3) is 5.52. The van der Waals surface area contributed by atoms with Crippen molar-refractivity contribution in [3.05, 3.63) is 89.5 Å². The summed E-state index contributed by atoms with van der Waals surface area (Å²) >= 11 is 1.38. The summed E-state index contributed by atoms with van der Waals surface area (Å²) in [6, 6.07) is 24.4. The number of nitrogens with zero attached hydrogens (tertiary/aromatic N) is 3. The van der Waals surface area contributed by atoms with Crippen molar-refractivity contribution in [1.29, 1.82) is 0 Å². The zero-order valence-electron chi connectivity index (χ0n) is 19.4. The SMILES string of the molecule is Cc1ccc(-n2c(SCC(=O)Nc3ccc(C(C)C)cc3)nnc2-c2cccc(C)c2)cc1. The second kappa shape index (κ2) is 10.0. The van der Waals surface area contributed by atoms with Crippen molar-refractivity contribution < 1.29 is 4.79 Å². The van der Waals surface area contributed by atoms with Crippen molar-refractivity contribution in [2.45, 2.75) is 38.8 Å². The number of hydrogen-bond donors (Lipinski definition) is 1. The van der Waals surface area contributed by atoms with Gasteiger partial charge in [0.15, 0.2) is 11.0 Å². The van der Waals surface area contributed by atoms with Crippen LogP contribution in [-0.4, -0.2) is 26.4 Å². The predicted octanol–water partition coefficient (Wildman–Crippen LogP) is 6.41. The van der Waals surface area contributed by atoms with Crippen LogP contribution in [-0.2, 0) is 4.79 Å². The molecule has 0 unspecified atom stereocenters. The van der Waals surface area contributed by atoms with Crippen LogP contribution in [0.5, 0.6) is 0 Å². The van der Waals surface area contributed by atoms with E-state index in [0.717, 1.165) is 28.3 Å². The van der Waals surface area contributed by atoms with Crippen LogP contribution in [0.1, 0.15) is 36.5 Å². The summed E-state index contributed by atoms with van der Waals surface area (Å²) in [5.74, 6) is 1.38. The van der Waals surface area contributed by atoms with E-state index in [1.165, 1.54) is 22.9 Å². The number of benzene rings is 3. The van der Waals surface area contributed by atoms with Gasteiger partial charge in [0.05, 0.1) is 5.75 Å². The minimum atomic E-state index is -0.0761. The van der Waals surface area contributed by atoms with Crippen molar-refractivity contribution in [2.24, 2.45) is 0 Å². The van der Waals surface area contributed by atoms with E-state index in [4.69, 9.17) is 0 Å². The van der Waals surface area contributed by atoms with E-state index < -0.39 is 0 Å². The summed E-state index contributed by atoms with van der Waals surface area (Å²) in [7, 11) is 0. The average molecular weight is 457 g/mol. The summed E-state index contributed by atoms with van der Waals surface area (Å²) in [6.45, 7) is 8.42. The molecule has 0 saturated heterocycles. The largest absolute Gasteiger partial charge is 0.325 e. The van der Waals surface area contributed by atoms with E-state index >= 15 is 0 Å². The molecule has 0 aliphatic rings. The standard InChI is InChI=1S/C27H28N4OS/c1-18(2)21-10-12-23(13-11-21)28-25(32)17-33-27-30-29-26(22-7-5-6-20(4)16-22)31(27)24-14-8-19(3)9-15-24/h5-16,18H,17H2,1-4H3,(H,28,32). The summed E-state index contributed by atoms with van der Waals surface area (Å²) in [5, 5.41) is 12.6. The van der Waals surface area contributed by atoms with Gasteiger partial charge in [-0.15, -0.1) is 10.2 Å². The fourth-order valence-corrected chi connectivity index (χ4v) is 4.29. The molecule has 1 heterocycles. The lowest BCUT2D eigenvalue weighted by Gasteiger charge is -2.11. The van der Waals surface area contributed by atoms with E-state index in [2.05, 4.69) is 91.7 Å². The summed E-state index contributed by atoms with van der Waals surface area (Å²) in [5.41, 5.74) is 6.34. The first-order valence-electron chi connectivity index (χ1n) is 11.0. The van der Waals surface area contributed by atoms with Crippen LogP contribution < -0.4 is 5.32 Å². The van der Waals surface area contributed by atoms with Gasteiger partial charge in [0, 0.05) is 16.9 Å². The number of rotatable bonds is 7. The predicted molar refractivity (Wildman–Crippen MR) is 136 cm³/mol. The molecule has 1 N–H and O–H groups in total. The van der Waals surface area contributed by atoms with Gasteiger partial charge in [0.25, 0.3) is 0 Å². The number of carbonyl (C=O) groups is 1. The van der Waals surface area contributed by atoms with Crippen molar-refractivity contribution >= 4 is 23.4 Å². The molecule has 0 radical (unpaired) electrons. The van der Waals surface area contributed by atoms with E-state index in [1.807, 2.05) is 28.8 Å². The first-order chi connectivity index (χ1) is 15.9. The first kappa shape index (κ1) is 22.8. The third-order valence-corrected chi connectivity index (χ3v) is 6.32. The minimum absolute atomic E-state index is 0.0761. The lowest BCUT2D eigenvalue weighted by Crippen LogP contribution is -2.14. The fourth-order valence-electron chi connectivity index (χ4n) is 3.54. The molecular formula is C27H28N4OS. The number of aryl methyl sites for hydroxylation is 2. The lowest BCUT2D eigenvalue weighted by atomic mass is 10.0. The second-order valence-corrected chi connectivity index (χ2v) is 9.40. The minimum Gasteiger partial charge on any atom is -0.325 e. The zero-order valence-corrected chi connectivity index (χ0v) is 20.2. The van der Waals surface area contributed by atoms with Crippen molar-refractivity contribution in [1.82, 2.24) is 14.8 Å². The Balaban J connectivity index is 1.56. The maximum Gasteiger partial charge on any atom is 0.234 e. The Hall–Kier alpha value is -3.38. The van der Waals surface area contributed by atoms with Gasteiger partial charge >= 0.3 is 0 Å². The molecule has 168 valence electrons. The van der Waals surface area contributed by atoms with Crippen LogP contribution in [0.4, 0.5) is 5.69 Å². The highest BCUT2D eigenvalue weighted by Gasteiger charge is 2.17. The van der Waals surface area contributed by atoms with E-state index in [9.17, 15) is 4.79 Å². The average Bonchev–Trinajstić information content (AvgIpc) is 3.22. The fraction of sp³-hybridized carbons (Fsp3) is 0.222. The third-order valence-electron chi connectivity index (χ3n) is 5.40. The number of thioether (sulfide) groups is 1. The Morgan fingerprint density at radius 3 is 2.33 bits per heavy atom. The van der Waals surface area contributed by atoms with Gasteiger partial charge in [-0.05, 0) is 55.7 Å². The van der Waals surface area contributed by atoms with Crippen LogP contribution in [0, 0.1) is 13.8 Å². The maximum atomic E-state index is 12.6. The lowest BCUT2D eigenvalue weighted by molar-refractivity contribution is -0.113. The van der Waals surface area contributed by atoms with Crippen molar-refractivity contribution in [3.8, 4) is 17.1 Å². The Morgan fingerprint density at radius 2 is 1.67 bits per heavy atom. The van der Waals surface area contributed by atoms with Crippen molar-refractivity contribution in [3.63, 3.8) is 0 Å². The molecule has 1 aromatic heterocycles. The van der Waals surface area contributed by atoms with Crippen LogP contribution in [0.25, 0.3) is 17.1 Å². The van der Waals surface area contributed by atoms with Crippen LogP contribution >= 0.6 is 11.8 Å². The molecule has 0 aliphatic carbocycles. The highest BCUT2D eigenvalue weighted by atomic mass is 32.2. The van der Waals surface area contributed by atoms with Crippen LogP contribution in [0.2, 0.25) is 0 Å². The number of carbonyl (C=O) groups excluding carboxylic acids is 1. The molecule has 4 aromatic rings. The first-order valence-corrected chi connectivity index (χ1v) is 12.0. The van der Waals surface area contributed by atoms with E-state index in [1.54, 1.807) is 0 Å². The monoisotopic (exact) mass is 456 g/mol. The van der Waals surface area contributed by atoms with Gasteiger partial charge in [-0.25, -0.2) is 0 Å². The van der Waals surface area contributed by atoms with Gasteiger partial charge in [-0.2, -0.15) is 0 Å². The number of hydrogen-bond acceptors (Lipinski definition) is 4. The summed E-state index contributed by atoms with van der Waals surface area (Å²) in [6.07, 6.45) is 0. The molecule has 0 saturated carbocycles. The van der Waals surface area contributed by atoms with Gasteiger partial charge in [-0.1, -0.05) is 79.2 Å². The molecule has 6 heteroatoms. The Kier molecular flexibility index (Phi) is 6.94. The van der Waals surface area contributed by atoms with Gasteiger partial charge < -0.3 is 5.32 Å². The van der Waals surface area contributed by atoms with Gasteiger partial charge in [0.2, 0.25) is 5.91 Å². The normalized spacial score (nSPS) is 11.1. The molecule has 33 heavy (non-hydrogen) atoms. The van der Waals surface area contributed by atoms with E-state index in [-0.39, 0.29) is 11.7 Å². The molecule has 0 fully saturated rings. The molecule has 0 aliphatic heterocycles. The molecule has 3 aromatic carbocycles. The Morgan fingerprint density at radius 1 is 0.939 bits per heavy atom. The highest BCUT2D eigenvalue weighted by Crippen LogP contribution is 2.29. The maximum absolute atomic E-state index is 12.6. The topological polar surface area (TPSA) is 59.8 Å². The highest BCUT2D eigenvalue weighted by molar-refractivity contribution is 7.99. The summed E-state index contributed by atoms with van der Waals surface area (Å²) < 4.78 is 2.02. The number of amides is 1. The van der Waals surface area contributed by atoms with E-state index in [0.29, 0.717) is 11.1 Å². The molecule has 1 amide bonds. The molecule has 4 rings (SSSR count). The number of nitrogens with one attached hydrogen (secondary N) is 1. The zero-order chi connectivity index (χ0) is 23.4.